The highest BCUT2D eigenvalue weighted by Gasteiger charge is 2.49. The first-order chi connectivity index (χ1) is 24.9. The Bertz CT molecular complexity index is 1640. The molecule has 1 unspecified atom stereocenters. The fourth-order valence-corrected chi connectivity index (χ4v) is 7.32. The van der Waals surface area contributed by atoms with Crippen LogP contribution in [0.1, 0.15) is 103 Å². The molecule has 53 heavy (non-hydrogen) atoms. The molecular weight excluding hydrogens is 748 g/mol. The minimum absolute atomic E-state index is 0.00649. The Labute approximate surface area is 324 Å². The molecular formula is C40H51Cl2F3N2O5S. The fourth-order valence-electron chi connectivity index (χ4n) is 6.54. The Morgan fingerprint density at radius 3 is 1.57 bits per heavy atom. The number of benzene rings is 2. The van der Waals surface area contributed by atoms with Crippen molar-refractivity contribution in [1.82, 2.24) is 0 Å². The predicted octanol–water partition coefficient (Wildman–Crippen LogP) is 11.6. The van der Waals surface area contributed by atoms with Crippen LogP contribution in [0, 0.1) is 25.0 Å². The maximum Gasteiger partial charge on any atom is 0.534 e. The third-order valence-electron chi connectivity index (χ3n) is 9.28. The van der Waals surface area contributed by atoms with Gasteiger partial charge >= 0.3 is 15.6 Å². The van der Waals surface area contributed by atoms with Gasteiger partial charge in [-0.15, -0.1) is 0 Å². The summed E-state index contributed by atoms with van der Waals surface area (Å²) in [7, 11) is -5.66. The number of Topliss-reactive ketones (excluding diaryl/α,β-unsaturated/α-hetero) is 1. The summed E-state index contributed by atoms with van der Waals surface area (Å²) in [4.78, 5) is 18.3. The number of alkyl halides is 3. The number of ketones is 1. The summed E-state index contributed by atoms with van der Waals surface area (Å²) in [6.07, 6.45) is 8.50. The first-order valence-electron chi connectivity index (χ1n) is 17.9. The largest absolute Gasteiger partial charge is 0.534 e. The smallest absolute Gasteiger partial charge is 0.381 e. The summed E-state index contributed by atoms with van der Waals surface area (Å²) in [5.74, 6) is 1.82. The molecule has 292 valence electrons. The van der Waals surface area contributed by atoms with E-state index in [0.29, 0.717) is 41.6 Å². The molecule has 2 aromatic rings. The number of allylic oxidation sites excluding steroid dienone is 2. The lowest BCUT2D eigenvalue weighted by atomic mass is 9.69. The standard InChI is InChI=1S/C15H13ClF3NO3S.C14H14ClNO.C7H16.C4H8O/c1-20-10-14(11-2-4-12(16)5-3-11)8-6-13(7-9-14)23-24(21,22)15(17,18)19;1-16-10-14(8-6-13(17)7-9-14)11-2-4-12(15)5-3-11;1-6(2)5-7(3)4;1-2-4-5-3-1/h2-6H,7-10H2;2-5H,6-10H2;6-7H,5H2,1-4H3;1-4H2. The van der Waals surface area contributed by atoms with Crippen LogP contribution in [0.2, 0.25) is 10.0 Å². The quantitative estimate of drug-likeness (QED) is 0.151. The molecule has 5 rings (SSSR count). The fraction of sp³-hybridized carbons (Fsp3) is 0.575. The molecule has 0 N–H and O–H groups in total. The molecule has 7 nitrogen and oxygen atoms in total. The molecule has 13 heteroatoms. The van der Waals surface area contributed by atoms with Gasteiger partial charge in [0.25, 0.3) is 0 Å². The second kappa shape index (κ2) is 21.7. The Morgan fingerprint density at radius 2 is 1.23 bits per heavy atom. The van der Waals surface area contributed by atoms with Gasteiger partial charge in [-0.25, -0.2) is 13.1 Å². The molecule has 2 aromatic carbocycles. The van der Waals surface area contributed by atoms with Gasteiger partial charge in [0, 0.05) is 42.5 Å². The van der Waals surface area contributed by atoms with Crippen LogP contribution in [0.3, 0.4) is 0 Å². The lowest BCUT2D eigenvalue weighted by Crippen LogP contribution is -2.34. The van der Waals surface area contributed by atoms with Crippen molar-refractivity contribution in [2.24, 2.45) is 11.8 Å². The van der Waals surface area contributed by atoms with Gasteiger partial charge in [0.15, 0.2) is 0 Å². The van der Waals surface area contributed by atoms with Crippen molar-refractivity contribution in [3.8, 4) is 0 Å². The van der Waals surface area contributed by atoms with E-state index in [9.17, 15) is 26.4 Å². The van der Waals surface area contributed by atoms with Crippen LogP contribution in [0.5, 0.6) is 0 Å². The van der Waals surface area contributed by atoms with Crippen LogP contribution < -0.4 is 0 Å². The maximum absolute atomic E-state index is 12.4. The van der Waals surface area contributed by atoms with Crippen LogP contribution in [-0.4, -0.2) is 46.0 Å². The van der Waals surface area contributed by atoms with Crippen molar-refractivity contribution in [2.75, 3.05) is 26.3 Å². The van der Waals surface area contributed by atoms with E-state index >= 15 is 0 Å². The molecule has 1 heterocycles. The highest BCUT2D eigenvalue weighted by molar-refractivity contribution is 7.87. The van der Waals surface area contributed by atoms with Crippen LogP contribution in [0.4, 0.5) is 13.2 Å². The Hall–Kier alpha value is -3.09. The van der Waals surface area contributed by atoms with E-state index in [1.165, 1.54) is 25.3 Å². The number of ether oxygens (including phenoxy) is 1. The van der Waals surface area contributed by atoms with Crippen molar-refractivity contribution in [1.29, 1.82) is 0 Å². The Morgan fingerprint density at radius 1 is 0.792 bits per heavy atom. The van der Waals surface area contributed by atoms with E-state index in [1.807, 2.05) is 24.3 Å². The molecule has 0 amide bonds. The number of hydrogen-bond acceptors (Lipinski definition) is 5. The van der Waals surface area contributed by atoms with Crippen LogP contribution >= 0.6 is 23.2 Å². The average Bonchev–Trinajstić information content (AvgIpc) is 3.68. The normalized spacial score (nSPS) is 19.6. The predicted molar refractivity (Wildman–Crippen MR) is 205 cm³/mol. The average molecular weight is 800 g/mol. The van der Waals surface area contributed by atoms with E-state index in [4.69, 9.17) is 41.1 Å². The zero-order chi connectivity index (χ0) is 39.7. The summed E-state index contributed by atoms with van der Waals surface area (Å²) in [6.45, 7) is 25.9. The molecule has 0 bridgehead atoms. The lowest BCUT2D eigenvalue weighted by Gasteiger charge is -2.32. The number of nitrogens with zero attached hydrogens (tertiary/aromatic N) is 2. The molecule has 3 aliphatic rings. The van der Waals surface area contributed by atoms with E-state index < -0.39 is 21.0 Å². The highest BCUT2D eigenvalue weighted by Crippen LogP contribution is 2.41. The van der Waals surface area contributed by atoms with Crippen molar-refractivity contribution in [2.45, 2.75) is 108 Å². The third kappa shape index (κ3) is 15.3. The third-order valence-corrected chi connectivity index (χ3v) is 10.8. The first kappa shape index (κ1) is 46.1. The maximum atomic E-state index is 12.4. The molecule has 1 atom stereocenters. The van der Waals surface area contributed by atoms with E-state index in [1.54, 1.807) is 24.3 Å². The molecule has 0 spiro atoms. The van der Waals surface area contributed by atoms with E-state index in [2.05, 4.69) is 41.6 Å². The zero-order valence-electron chi connectivity index (χ0n) is 31.0. The van der Waals surface area contributed by atoms with Crippen molar-refractivity contribution in [3.05, 3.63) is 104 Å². The number of hydrogen-bond donors (Lipinski definition) is 0. The summed E-state index contributed by atoms with van der Waals surface area (Å²) in [5.41, 5.74) is -4.22. The summed E-state index contributed by atoms with van der Waals surface area (Å²) in [5, 5.41) is 1.24. The molecule has 0 aromatic heterocycles. The van der Waals surface area contributed by atoms with Crippen molar-refractivity contribution >= 4 is 39.1 Å². The number of rotatable bonds is 8. The summed E-state index contributed by atoms with van der Waals surface area (Å²) < 4.78 is 68.4. The topological polar surface area (TPSA) is 78.4 Å². The molecule has 2 fully saturated rings. The van der Waals surface area contributed by atoms with Crippen LogP contribution in [0.25, 0.3) is 9.69 Å². The molecule has 1 saturated heterocycles. The number of halogens is 5. The molecule has 1 saturated carbocycles. The highest BCUT2D eigenvalue weighted by atomic mass is 35.5. The van der Waals surface area contributed by atoms with Gasteiger partial charge in [-0.1, -0.05) is 75.2 Å². The van der Waals surface area contributed by atoms with Crippen LogP contribution in [0.15, 0.2) is 60.4 Å². The zero-order valence-corrected chi connectivity index (χ0v) is 33.3. The van der Waals surface area contributed by atoms with Crippen molar-refractivity contribution in [3.63, 3.8) is 0 Å². The van der Waals surface area contributed by atoms with Gasteiger partial charge in [-0.2, -0.15) is 21.6 Å². The van der Waals surface area contributed by atoms with Gasteiger partial charge in [-0.3, -0.25) is 4.79 Å². The molecule has 1 aliphatic heterocycles. The Kier molecular flexibility index (Phi) is 18.9. The summed E-state index contributed by atoms with van der Waals surface area (Å²) >= 11 is 11.7. The lowest BCUT2D eigenvalue weighted by molar-refractivity contribution is -0.121. The van der Waals surface area contributed by atoms with E-state index in [0.717, 1.165) is 49.0 Å². The van der Waals surface area contributed by atoms with Gasteiger partial charge in [0.2, 0.25) is 13.1 Å². The first-order valence-corrected chi connectivity index (χ1v) is 20.0. The second-order valence-corrected chi connectivity index (χ2v) is 16.9. The second-order valence-electron chi connectivity index (χ2n) is 14.4. The van der Waals surface area contributed by atoms with E-state index in [-0.39, 0.29) is 30.6 Å². The minimum Gasteiger partial charge on any atom is -0.381 e. The van der Waals surface area contributed by atoms with Gasteiger partial charge in [0.1, 0.15) is 11.5 Å². The van der Waals surface area contributed by atoms with Crippen molar-refractivity contribution < 1.29 is 35.3 Å². The van der Waals surface area contributed by atoms with Gasteiger partial charge in [-0.05, 0) is 98.2 Å². The number of carbonyl (C=O) groups excluding carboxylic acids is 1. The van der Waals surface area contributed by atoms with Crippen LogP contribution in [-0.2, 0) is 34.7 Å². The van der Waals surface area contributed by atoms with Gasteiger partial charge in [0.05, 0.1) is 10.8 Å². The molecule has 0 radical (unpaired) electrons. The SMILES string of the molecule is C1CCOC1.CC(C)CC(C)C.[C-]#[N+]CC1(c2ccc(Cl)cc2)CC=C(OS(=O)(=O)C(F)(F)F)CC1.[C-]#[N+]CC1(c2ccc(Cl)cc2)CCC(=O)CC1. The number of carbonyl (C=O) groups is 1. The van der Waals surface area contributed by atoms with Gasteiger partial charge < -0.3 is 18.6 Å². The monoisotopic (exact) mass is 798 g/mol. The molecule has 2 aliphatic carbocycles. The Balaban J connectivity index is 0.000000287. The summed E-state index contributed by atoms with van der Waals surface area (Å²) in [6, 6.07) is 14.6. The minimum atomic E-state index is -5.66.